The standard InChI is InChI=1S/C24H29N3O4/c1-25-22(29)24(12-15-26(16-13-24)17-19-3-7-20(28)8-4-19)27(23(25)30)14-11-18-5-9-21(31-2)10-6-18/h3-10,28H,11-17H2,1-2H3. The first-order chi connectivity index (χ1) is 14.9. The first kappa shape index (κ1) is 21.2. The Kier molecular flexibility index (Phi) is 5.87. The van der Waals surface area contributed by atoms with E-state index < -0.39 is 5.54 Å². The highest BCUT2D eigenvalue weighted by molar-refractivity contribution is 6.06. The van der Waals surface area contributed by atoms with Gasteiger partial charge in [-0.15, -0.1) is 0 Å². The Morgan fingerprint density at radius 1 is 0.968 bits per heavy atom. The predicted molar refractivity (Wildman–Crippen MR) is 117 cm³/mol. The van der Waals surface area contributed by atoms with Crippen molar-refractivity contribution in [2.75, 3.05) is 33.8 Å². The van der Waals surface area contributed by atoms with Crippen LogP contribution in [-0.4, -0.2) is 71.1 Å². The zero-order valence-corrected chi connectivity index (χ0v) is 18.1. The van der Waals surface area contributed by atoms with Crippen molar-refractivity contribution in [1.82, 2.24) is 14.7 Å². The van der Waals surface area contributed by atoms with Gasteiger partial charge in [-0.3, -0.25) is 14.6 Å². The van der Waals surface area contributed by atoms with Gasteiger partial charge < -0.3 is 14.7 Å². The van der Waals surface area contributed by atoms with E-state index in [1.165, 1.54) is 4.90 Å². The third kappa shape index (κ3) is 4.10. The smallest absolute Gasteiger partial charge is 0.327 e. The largest absolute Gasteiger partial charge is 0.508 e. The van der Waals surface area contributed by atoms with Gasteiger partial charge in [0.1, 0.15) is 17.0 Å². The van der Waals surface area contributed by atoms with Gasteiger partial charge in [-0.1, -0.05) is 24.3 Å². The molecule has 2 fully saturated rings. The number of likely N-dealkylation sites (tertiary alicyclic amines) is 1. The fourth-order valence-corrected chi connectivity index (χ4v) is 4.65. The molecule has 0 saturated carbocycles. The first-order valence-corrected chi connectivity index (χ1v) is 10.7. The zero-order chi connectivity index (χ0) is 22.0. The molecule has 0 aliphatic carbocycles. The van der Waals surface area contributed by atoms with Crippen molar-refractivity contribution in [1.29, 1.82) is 0 Å². The monoisotopic (exact) mass is 423 g/mol. The summed E-state index contributed by atoms with van der Waals surface area (Å²) in [5, 5.41) is 9.47. The van der Waals surface area contributed by atoms with E-state index >= 15 is 0 Å². The number of phenolic OH excluding ortho intramolecular Hbond substituents is 1. The number of piperidine rings is 1. The molecule has 1 spiro atoms. The fraction of sp³-hybridized carbons (Fsp3) is 0.417. The van der Waals surface area contributed by atoms with E-state index in [0.29, 0.717) is 25.8 Å². The lowest BCUT2D eigenvalue weighted by Gasteiger charge is -2.42. The van der Waals surface area contributed by atoms with E-state index in [0.717, 1.165) is 36.5 Å². The van der Waals surface area contributed by atoms with Crippen LogP contribution in [0.15, 0.2) is 48.5 Å². The van der Waals surface area contributed by atoms with Crippen molar-refractivity contribution < 1.29 is 19.4 Å². The minimum absolute atomic E-state index is 0.0866. The number of carbonyl (C=O) groups excluding carboxylic acids is 2. The molecule has 4 rings (SSSR count). The molecule has 1 N–H and O–H groups in total. The summed E-state index contributed by atoms with van der Waals surface area (Å²) < 4.78 is 5.21. The molecule has 2 saturated heterocycles. The lowest BCUT2D eigenvalue weighted by atomic mass is 9.85. The molecule has 7 nitrogen and oxygen atoms in total. The quantitative estimate of drug-likeness (QED) is 0.724. The van der Waals surface area contributed by atoms with Gasteiger partial charge in [-0.25, -0.2) is 4.79 Å². The molecule has 3 amide bonds. The number of benzene rings is 2. The molecule has 2 aliphatic heterocycles. The van der Waals surface area contributed by atoms with Gasteiger partial charge in [0.2, 0.25) is 0 Å². The molecule has 0 aromatic heterocycles. The van der Waals surface area contributed by atoms with E-state index in [9.17, 15) is 14.7 Å². The second-order valence-corrected chi connectivity index (χ2v) is 8.37. The fourth-order valence-electron chi connectivity index (χ4n) is 4.65. The van der Waals surface area contributed by atoms with Crippen LogP contribution < -0.4 is 4.74 Å². The van der Waals surface area contributed by atoms with Crippen LogP contribution in [0.25, 0.3) is 0 Å². The highest BCUT2D eigenvalue weighted by Crippen LogP contribution is 2.37. The summed E-state index contributed by atoms with van der Waals surface area (Å²) in [5.41, 5.74) is 1.48. The van der Waals surface area contributed by atoms with Crippen LogP contribution in [0.5, 0.6) is 11.5 Å². The zero-order valence-electron chi connectivity index (χ0n) is 18.1. The SMILES string of the molecule is COc1ccc(CCN2C(=O)N(C)C(=O)C23CCN(Cc2ccc(O)cc2)CC3)cc1. The second-order valence-electron chi connectivity index (χ2n) is 8.37. The van der Waals surface area contributed by atoms with Crippen LogP contribution in [0.2, 0.25) is 0 Å². The van der Waals surface area contributed by atoms with Crippen molar-refractivity contribution in [2.45, 2.75) is 31.3 Å². The second kappa shape index (κ2) is 8.59. The number of ether oxygens (including phenoxy) is 1. The maximum atomic E-state index is 13.1. The molecule has 2 heterocycles. The first-order valence-electron chi connectivity index (χ1n) is 10.7. The van der Waals surface area contributed by atoms with Crippen molar-refractivity contribution in [2.24, 2.45) is 0 Å². The number of likely N-dealkylation sites (N-methyl/N-ethyl adjacent to an activating group) is 1. The van der Waals surface area contributed by atoms with E-state index in [-0.39, 0.29) is 17.7 Å². The Bertz CT molecular complexity index is 934. The number of aromatic hydroxyl groups is 1. The average Bonchev–Trinajstić information content (AvgIpc) is 2.96. The molecule has 0 unspecified atom stereocenters. The lowest BCUT2D eigenvalue weighted by Crippen LogP contribution is -2.56. The predicted octanol–water partition coefficient (Wildman–Crippen LogP) is 2.87. The third-order valence-corrected chi connectivity index (χ3v) is 6.55. The summed E-state index contributed by atoms with van der Waals surface area (Å²) in [6, 6.07) is 14.8. The normalized spacial score (nSPS) is 18.8. The molecule has 7 heteroatoms. The van der Waals surface area contributed by atoms with Crippen molar-refractivity contribution in [3.8, 4) is 11.5 Å². The van der Waals surface area contributed by atoms with Gasteiger partial charge in [-0.05, 0) is 54.7 Å². The maximum Gasteiger partial charge on any atom is 0.327 e. The Morgan fingerprint density at radius 3 is 2.19 bits per heavy atom. The number of rotatable bonds is 6. The number of nitrogens with zero attached hydrogens (tertiary/aromatic N) is 3. The molecule has 31 heavy (non-hydrogen) atoms. The molecule has 2 aromatic rings. The Hall–Kier alpha value is -3.06. The Balaban J connectivity index is 1.43. The minimum Gasteiger partial charge on any atom is -0.508 e. The molecular formula is C24H29N3O4. The molecule has 0 atom stereocenters. The van der Waals surface area contributed by atoms with Crippen LogP contribution in [0, 0.1) is 0 Å². The lowest BCUT2D eigenvalue weighted by molar-refractivity contribution is -0.134. The number of hydrogen-bond acceptors (Lipinski definition) is 5. The Labute approximate surface area is 182 Å². The van der Waals surface area contributed by atoms with Gasteiger partial charge in [0.15, 0.2) is 0 Å². The van der Waals surface area contributed by atoms with Crippen LogP contribution in [0.3, 0.4) is 0 Å². The molecule has 0 bridgehead atoms. The topological polar surface area (TPSA) is 73.3 Å². The van der Waals surface area contributed by atoms with Crippen molar-refractivity contribution in [3.05, 3.63) is 59.7 Å². The summed E-state index contributed by atoms with van der Waals surface area (Å²) in [6.07, 6.45) is 1.95. The molecule has 2 aromatic carbocycles. The number of urea groups is 1. The van der Waals surface area contributed by atoms with Crippen molar-refractivity contribution >= 4 is 11.9 Å². The van der Waals surface area contributed by atoms with Gasteiger partial charge in [-0.2, -0.15) is 0 Å². The number of carbonyl (C=O) groups is 2. The summed E-state index contributed by atoms with van der Waals surface area (Å²) in [6.45, 7) is 2.76. The van der Waals surface area contributed by atoms with E-state index in [1.54, 1.807) is 31.2 Å². The van der Waals surface area contributed by atoms with Gasteiger partial charge in [0.25, 0.3) is 5.91 Å². The maximum absolute atomic E-state index is 13.1. The van der Waals surface area contributed by atoms with Gasteiger partial charge >= 0.3 is 6.03 Å². The Morgan fingerprint density at radius 2 is 1.58 bits per heavy atom. The van der Waals surface area contributed by atoms with Crippen LogP contribution in [0.4, 0.5) is 4.79 Å². The average molecular weight is 424 g/mol. The summed E-state index contributed by atoms with van der Waals surface area (Å²) >= 11 is 0. The third-order valence-electron chi connectivity index (χ3n) is 6.55. The highest BCUT2D eigenvalue weighted by atomic mass is 16.5. The number of methoxy groups -OCH3 is 1. The number of phenols is 1. The molecule has 164 valence electrons. The summed E-state index contributed by atoms with van der Waals surface area (Å²) in [7, 11) is 3.22. The summed E-state index contributed by atoms with van der Waals surface area (Å²) in [4.78, 5) is 31.4. The van der Waals surface area contributed by atoms with Crippen LogP contribution in [-0.2, 0) is 17.8 Å². The van der Waals surface area contributed by atoms with E-state index in [4.69, 9.17) is 4.74 Å². The number of hydrogen-bond donors (Lipinski definition) is 1. The van der Waals surface area contributed by atoms with Crippen molar-refractivity contribution in [3.63, 3.8) is 0 Å². The number of imide groups is 1. The minimum atomic E-state index is -0.746. The molecule has 2 aliphatic rings. The summed E-state index contributed by atoms with van der Waals surface area (Å²) in [5.74, 6) is 0.969. The van der Waals surface area contributed by atoms with E-state index in [2.05, 4.69) is 4.90 Å². The van der Waals surface area contributed by atoms with Gasteiger partial charge in [0, 0.05) is 33.2 Å². The van der Waals surface area contributed by atoms with E-state index in [1.807, 2.05) is 36.4 Å². The van der Waals surface area contributed by atoms with Crippen LogP contribution >= 0.6 is 0 Å². The molecule has 0 radical (unpaired) electrons. The number of amides is 3. The van der Waals surface area contributed by atoms with Gasteiger partial charge in [0.05, 0.1) is 7.11 Å². The molecular weight excluding hydrogens is 394 g/mol. The highest BCUT2D eigenvalue weighted by Gasteiger charge is 2.56. The van der Waals surface area contributed by atoms with Crippen LogP contribution in [0.1, 0.15) is 24.0 Å².